The minimum Gasteiger partial charge on any atom is -0.486 e. The fourth-order valence-corrected chi connectivity index (χ4v) is 3.42. The van der Waals surface area contributed by atoms with Crippen molar-refractivity contribution in [2.24, 2.45) is 0 Å². The molecular weight excluding hydrogens is 352 g/mol. The van der Waals surface area contributed by atoms with Crippen LogP contribution in [-0.4, -0.2) is 32.7 Å². The number of hydrogen-bond acceptors (Lipinski definition) is 4. The molecule has 4 rings (SSSR count). The number of ether oxygens (including phenoxy) is 2. The fourth-order valence-electron chi connectivity index (χ4n) is 3.42. The second-order valence-corrected chi connectivity index (χ2v) is 7.08. The molecule has 0 aliphatic carbocycles. The third-order valence-corrected chi connectivity index (χ3v) is 5.00. The van der Waals surface area contributed by atoms with Gasteiger partial charge in [0, 0.05) is 12.7 Å². The molecule has 0 bridgehead atoms. The molecule has 0 radical (unpaired) electrons. The predicted octanol–water partition coefficient (Wildman–Crippen LogP) is 3.92. The maximum Gasteiger partial charge on any atom is 0.239 e. The van der Waals surface area contributed by atoms with Crippen LogP contribution in [0.4, 0.5) is 5.69 Å². The van der Waals surface area contributed by atoms with Gasteiger partial charge in [0.1, 0.15) is 13.2 Å². The minimum absolute atomic E-state index is 0.0296. The first kappa shape index (κ1) is 18.2. The summed E-state index contributed by atoms with van der Waals surface area (Å²) in [5.74, 6) is 1.46. The van der Waals surface area contributed by atoms with Gasteiger partial charge in [-0.25, -0.2) is 0 Å². The molecule has 1 heterocycles. The first-order valence-electron chi connectivity index (χ1n) is 9.49. The molecule has 144 valence electrons. The summed E-state index contributed by atoms with van der Waals surface area (Å²) in [6, 6.07) is 20.1. The zero-order chi connectivity index (χ0) is 19.5. The maximum atomic E-state index is 12.6. The highest BCUT2D eigenvalue weighted by Crippen LogP contribution is 2.32. The summed E-state index contributed by atoms with van der Waals surface area (Å²) in [4.78, 5) is 14.5. The van der Waals surface area contributed by atoms with Crippen LogP contribution in [0.5, 0.6) is 11.5 Å². The number of fused-ring (bicyclic) bond motifs is 2. The van der Waals surface area contributed by atoms with E-state index in [2.05, 4.69) is 29.6 Å². The Morgan fingerprint density at radius 2 is 1.75 bits per heavy atom. The van der Waals surface area contributed by atoms with E-state index in [9.17, 15) is 4.79 Å². The van der Waals surface area contributed by atoms with Gasteiger partial charge in [-0.1, -0.05) is 36.4 Å². The molecule has 5 heteroatoms. The van der Waals surface area contributed by atoms with Crippen LogP contribution in [0, 0.1) is 0 Å². The van der Waals surface area contributed by atoms with Crippen LogP contribution in [0.3, 0.4) is 0 Å². The SMILES string of the molecule is C[C@H](NC(=O)CN(C)c1ccc2ccccc2c1)c1ccc2c(c1)OCCO2. The molecule has 0 saturated carbocycles. The molecule has 0 spiro atoms. The summed E-state index contributed by atoms with van der Waals surface area (Å²) < 4.78 is 11.2. The Morgan fingerprint density at radius 3 is 2.57 bits per heavy atom. The highest BCUT2D eigenvalue weighted by molar-refractivity contribution is 5.87. The number of carbonyl (C=O) groups is 1. The van der Waals surface area contributed by atoms with E-state index in [1.807, 2.05) is 55.3 Å². The Morgan fingerprint density at radius 1 is 1.00 bits per heavy atom. The summed E-state index contributed by atoms with van der Waals surface area (Å²) in [6.07, 6.45) is 0. The first-order chi connectivity index (χ1) is 13.6. The topological polar surface area (TPSA) is 50.8 Å². The van der Waals surface area contributed by atoms with E-state index in [4.69, 9.17) is 9.47 Å². The third-order valence-electron chi connectivity index (χ3n) is 5.00. The maximum absolute atomic E-state index is 12.6. The van der Waals surface area contributed by atoms with Crippen molar-refractivity contribution in [3.05, 3.63) is 66.2 Å². The van der Waals surface area contributed by atoms with Crippen molar-refractivity contribution >= 4 is 22.4 Å². The van der Waals surface area contributed by atoms with E-state index in [0.29, 0.717) is 13.2 Å². The molecule has 0 unspecified atom stereocenters. The van der Waals surface area contributed by atoms with Gasteiger partial charge in [0.25, 0.3) is 0 Å². The number of rotatable bonds is 5. The number of anilines is 1. The molecular formula is C23H24N2O3. The van der Waals surface area contributed by atoms with E-state index in [1.165, 1.54) is 5.39 Å². The second-order valence-electron chi connectivity index (χ2n) is 7.08. The van der Waals surface area contributed by atoms with Crippen LogP contribution in [0.15, 0.2) is 60.7 Å². The Hall–Kier alpha value is -3.21. The van der Waals surface area contributed by atoms with Crippen molar-refractivity contribution < 1.29 is 14.3 Å². The van der Waals surface area contributed by atoms with E-state index < -0.39 is 0 Å². The fraction of sp³-hybridized carbons (Fsp3) is 0.261. The molecule has 0 saturated heterocycles. The van der Waals surface area contributed by atoms with E-state index in [-0.39, 0.29) is 18.5 Å². The second kappa shape index (κ2) is 7.80. The summed E-state index contributed by atoms with van der Waals surface area (Å²) in [7, 11) is 1.93. The van der Waals surface area contributed by atoms with Gasteiger partial charge in [-0.3, -0.25) is 4.79 Å². The van der Waals surface area contributed by atoms with Crippen molar-refractivity contribution in [2.45, 2.75) is 13.0 Å². The zero-order valence-corrected chi connectivity index (χ0v) is 16.1. The molecule has 1 atom stereocenters. The van der Waals surface area contributed by atoms with E-state index >= 15 is 0 Å². The summed E-state index contributed by atoms with van der Waals surface area (Å²) >= 11 is 0. The quantitative estimate of drug-likeness (QED) is 0.733. The van der Waals surface area contributed by atoms with E-state index in [0.717, 1.165) is 28.1 Å². The number of likely N-dealkylation sites (N-methyl/N-ethyl adjacent to an activating group) is 1. The van der Waals surface area contributed by atoms with Crippen molar-refractivity contribution in [2.75, 3.05) is 31.7 Å². The van der Waals surface area contributed by atoms with Crippen molar-refractivity contribution in [1.82, 2.24) is 5.32 Å². The monoisotopic (exact) mass is 376 g/mol. The van der Waals surface area contributed by atoms with Gasteiger partial charge in [0.05, 0.1) is 12.6 Å². The zero-order valence-electron chi connectivity index (χ0n) is 16.1. The predicted molar refractivity (Wildman–Crippen MR) is 111 cm³/mol. The van der Waals surface area contributed by atoms with Gasteiger partial charge in [-0.05, 0) is 47.5 Å². The Bertz CT molecular complexity index is 1000. The van der Waals surface area contributed by atoms with Crippen molar-refractivity contribution in [3.8, 4) is 11.5 Å². The number of benzene rings is 3. The minimum atomic E-state index is -0.117. The molecule has 1 N–H and O–H groups in total. The van der Waals surface area contributed by atoms with Crippen molar-refractivity contribution in [3.63, 3.8) is 0 Å². The molecule has 1 amide bonds. The summed E-state index contributed by atoms with van der Waals surface area (Å²) in [6.45, 7) is 3.38. The Balaban J connectivity index is 1.40. The smallest absolute Gasteiger partial charge is 0.239 e. The van der Waals surface area contributed by atoms with Gasteiger partial charge in [-0.2, -0.15) is 0 Å². The summed E-state index contributed by atoms with van der Waals surface area (Å²) in [5, 5.41) is 5.42. The van der Waals surface area contributed by atoms with Gasteiger partial charge < -0.3 is 19.7 Å². The third kappa shape index (κ3) is 3.88. The highest BCUT2D eigenvalue weighted by atomic mass is 16.6. The van der Waals surface area contributed by atoms with Gasteiger partial charge in [-0.15, -0.1) is 0 Å². The molecule has 0 aromatic heterocycles. The Kier molecular flexibility index (Phi) is 5.06. The van der Waals surface area contributed by atoms with Gasteiger partial charge in [0.15, 0.2) is 11.5 Å². The Labute approximate surface area is 164 Å². The standard InChI is InChI=1S/C23H24N2O3/c1-16(18-8-10-21-22(14-18)28-12-11-27-21)24-23(26)15-25(2)20-9-7-17-5-3-4-6-19(17)13-20/h3-10,13-14,16H,11-12,15H2,1-2H3,(H,24,26)/t16-/m0/s1. The van der Waals surface area contributed by atoms with Crippen molar-refractivity contribution in [1.29, 1.82) is 0 Å². The molecule has 5 nitrogen and oxygen atoms in total. The van der Waals surface area contributed by atoms with Crippen LogP contribution in [0.2, 0.25) is 0 Å². The van der Waals surface area contributed by atoms with Crippen LogP contribution >= 0.6 is 0 Å². The number of carbonyl (C=O) groups excluding carboxylic acids is 1. The highest BCUT2D eigenvalue weighted by Gasteiger charge is 2.16. The van der Waals surface area contributed by atoms with Crippen LogP contribution < -0.4 is 19.7 Å². The van der Waals surface area contributed by atoms with Crippen LogP contribution in [-0.2, 0) is 4.79 Å². The number of nitrogens with zero attached hydrogens (tertiary/aromatic N) is 1. The molecule has 28 heavy (non-hydrogen) atoms. The molecule has 1 aliphatic rings. The molecule has 0 fully saturated rings. The number of nitrogens with one attached hydrogen (secondary N) is 1. The lowest BCUT2D eigenvalue weighted by Crippen LogP contribution is -2.36. The lowest BCUT2D eigenvalue weighted by molar-refractivity contribution is -0.120. The molecule has 3 aromatic carbocycles. The average molecular weight is 376 g/mol. The van der Waals surface area contributed by atoms with Gasteiger partial charge in [0.2, 0.25) is 5.91 Å². The van der Waals surface area contributed by atoms with E-state index in [1.54, 1.807) is 0 Å². The number of hydrogen-bond donors (Lipinski definition) is 1. The number of amides is 1. The average Bonchev–Trinajstić information content (AvgIpc) is 2.72. The summed E-state index contributed by atoms with van der Waals surface area (Å²) in [5.41, 5.74) is 2.01. The van der Waals surface area contributed by atoms with Gasteiger partial charge >= 0.3 is 0 Å². The first-order valence-corrected chi connectivity index (χ1v) is 9.49. The molecule has 1 aliphatic heterocycles. The largest absolute Gasteiger partial charge is 0.486 e. The molecule has 3 aromatic rings. The lowest BCUT2D eigenvalue weighted by atomic mass is 10.1. The van der Waals surface area contributed by atoms with Crippen LogP contribution in [0.1, 0.15) is 18.5 Å². The van der Waals surface area contributed by atoms with Crippen LogP contribution in [0.25, 0.3) is 10.8 Å². The lowest BCUT2D eigenvalue weighted by Gasteiger charge is -2.23. The normalized spacial score (nSPS) is 13.8.